The fourth-order valence-corrected chi connectivity index (χ4v) is 2.81. The number of nitrogen functional groups attached to an aromatic ring is 1. The molecule has 1 fully saturated rings. The van der Waals surface area contributed by atoms with Gasteiger partial charge in [-0.3, -0.25) is 14.9 Å². The van der Waals surface area contributed by atoms with Gasteiger partial charge in [-0.05, 0) is 37.8 Å². The molecule has 1 aromatic rings. The van der Waals surface area contributed by atoms with Gasteiger partial charge in [0.1, 0.15) is 11.3 Å². The number of para-hydroxylation sites is 1. The van der Waals surface area contributed by atoms with Crippen molar-refractivity contribution >= 4 is 17.3 Å². The van der Waals surface area contributed by atoms with E-state index < -0.39 is 10.8 Å². The SMILES string of the molecule is CC(NC(=O)c1cccc(N)c1[N+](=O)[O-])C1CCCC1. The molecule has 1 aliphatic carbocycles. The van der Waals surface area contributed by atoms with Crippen LogP contribution >= 0.6 is 0 Å². The zero-order valence-corrected chi connectivity index (χ0v) is 11.5. The van der Waals surface area contributed by atoms with Crippen LogP contribution in [-0.2, 0) is 0 Å². The molecular formula is C14H19N3O3. The molecular weight excluding hydrogens is 258 g/mol. The van der Waals surface area contributed by atoms with Crippen molar-refractivity contribution in [3.63, 3.8) is 0 Å². The minimum Gasteiger partial charge on any atom is -0.393 e. The zero-order valence-electron chi connectivity index (χ0n) is 11.5. The second kappa shape index (κ2) is 5.90. The molecule has 0 heterocycles. The number of amides is 1. The number of hydrogen-bond acceptors (Lipinski definition) is 4. The Balaban J connectivity index is 2.16. The molecule has 0 saturated heterocycles. The highest BCUT2D eigenvalue weighted by molar-refractivity contribution is 6.00. The van der Waals surface area contributed by atoms with Crippen LogP contribution in [0.2, 0.25) is 0 Å². The van der Waals surface area contributed by atoms with Crippen LogP contribution < -0.4 is 11.1 Å². The van der Waals surface area contributed by atoms with E-state index in [1.807, 2.05) is 6.92 Å². The Morgan fingerprint density at radius 2 is 2.10 bits per heavy atom. The summed E-state index contributed by atoms with van der Waals surface area (Å²) >= 11 is 0. The minimum atomic E-state index is -0.607. The van der Waals surface area contributed by atoms with Gasteiger partial charge >= 0.3 is 5.69 Å². The molecule has 20 heavy (non-hydrogen) atoms. The number of anilines is 1. The highest BCUT2D eigenvalue weighted by Crippen LogP contribution is 2.29. The monoisotopic (exact) mass is 277 g/mol. The van der Waals surface area contributed by atoms with Gasteiger partial charge in [0.15, 0.2) is 0 Å². The van der Waals surface area contributed by atoms with Crippen LogP contribution in [0.3, 0.4) is 0 Å². The topological polar surface area (TPSA) is 98.3 Å². The fraction of sp³-hybridized carbons (Fsp3) is 0.500. The molecule has 6 heteroatoms. The van der Waals surface area contributed by atoms with Gasteiger partial charge in [0.25, 0.3) is 5.91 Å². The minimum absolute atomic E-state index is 0.0103. The Kier molecular flexibility index (Phi) is 4.22. The summed E-state index contributed by atoms with van der Waals surface area (Å²) in [6, 6.07) is 4.43. The van der Waals surface area contributed by atoms with Crippen LogP contribution in [0, 0.1) is 16.0 Å². The van der Waals surface area contributed by atoms with Gasteiger partial charge in [0, 0.05) is 6.04 Å². The summed E-state index contributed by atoms with van der Waals surface area (Å²) in [7, 11) is 0. The summed E-state index contributed by atoms with van der Waals surface area (Å²) in [5.74, 6) is 0.0301. The molecule has 108 valence electrons. The molecule has 0 spiro atoms. The number of nitro benzene ring substituents is 1. The quantitative estimate of drug-likeness (QED) is 0.501. The molecule has 6 nitrogen and oxygen atoms in total. The maximum atomic E-state index is 12.2. The highest BCUT2D eigenvalue weighted by Gasteiger charge is 2.27. The molecule has 0 radical (unpaired) electrons. The van der Waals surface area contributed by atoms with Gasteiger partial charge in [-0.1, -0.05) is 18.9 Å². The van der Waals surface area contributed by atoms with Crippen molar-refractivity contribution < 1.29 is 9.72 Å². The van der Waals surface area contributed by atoms with E-state index in [1.54, 1.807) is 6.07 Å². The molecule has 0 aliphatic heterocycles. The van der Waals surface area contributed by atoms with Crippen LogP contribution in [-0.4, -0.2) is 16.9 Å². The predicted molar refractivity (Wildman–Crippen MR) is 76.4 cm³/mol. The molecule has 1 aliphatic rings. The summed E-state index contributed by atoms with van der Waals surface area (Å²) in [4.78, 5) is 22.6. The maximum absolute atomic E-state index is 12.2. The molecule has 1 amide bonds. The first-order valence-electron chi connectivity index (χ1n) is 6.84. The third kappa shape index (κ3) is 2.89. The number of carbonyl (C=O) groups excluding carboxylic acids is 1. The summed E-state index contributed by atoms with van der Waals surface area (Å²) in [5, 5.41) is 13.9. The first kappa shape index (κ1) is 14.3. The third-order valence-corrected chi connectivity index (χ3v) is 3.96. The Bertz CT molecular complexity index is 524. The van der Waals surface area contributed by atoms with Crippen molar-refractivity contribution in [1.29, 1.82) is 0 Å². The number of nitro groups is 1. The van der Waals surface area contributed by atoms with Crippen LogP contribution in [0.1, 0.15) is 43.0 Å². The number of nitrogens with one attached hydrogen (secondary N) is 1. The molecule has 1 atom stereocenters. The number of nitrogens with zero attached hydrogens (tertiary/aromatic N) is 1. The highest BCUT2D eigenvalue weighted by atomic mass is 16.6. The van der Waals surface area contributed by atoms with Crippen molar-refractivity contribution in [2.24, 2.45) is 5.92 Å². The van der Waals surface area contributed by atoms with Crippen molar-refractivity contribution in [3.8, 4) is 0 Å². The smallest absolute Gasteiger partial charge is 0.304 e. The van der Waals surface area contributed by atoms with Crippen molar-refractivity contribution in [2.75, 3.05) is 5.73 Å². The van der Waals surface area contributed by atoms with Gasteiger partial charge in [-0.15, -0.1) is 0 Å². The average Bonchev–Trinajstić information content (AvgIpc) is 2.91. The van der Waals surface area contributed by atoms with E-state index >= 15 is 0 Å². The van der Waals surface area contributed by atoms with Gasteiger partial charge in [-0.25, -0.2) is 0 Å². The summed E-state index contributed by atoms with van der Waals surface area (Å²) < 4.78 is 0. The summed E-state index contributed by atoms with van der Waals surface area (Å²) in [5.41, 5.74) is 5.31. The summed E-state index contributed by atoms with van der Waals surface area (Å²) in [6.07, 6.45) is 4.56. The van der Waals surface area contributed by atoms with E-state index in [9.17, 15) is 14.9 Å². The lowest BCUT2D eigenvalue weighted by molar-refractivity contribution is -0.384. The molecule has 1 aromatic carbocycles. The number of nitrogens with two attached hydrogens (primary N) is 1. The Morgan fingerprint density at radius 1 is 1.45 bits per heavy atom. The molecule has 3 N–H and O–H groups in total. The van der Waals surface area contributed by atoms with Crippen molar-refractivity contribution in [2.45, 2.75) is 38.6 Å². The largest absolute Gasteiger partial charge is 0.393 e. The van der Waals surface area contributed by atoms with Crippen LogP contribution in [0.4, 0.5) is 11.4 Å². The fourth-order valence-electron chi connectivity index (χ4n) is 2.81. The lowest BCUT2D eigenvalue weighted by Crippen LogP contribution is -2.37. The van der Waals surface area contributed by atoms with Crippen molar-refractivity contribution in [3.05, 3.63) is 33.9 Å². The van der Waals surface area contributed by atoms with Crippen LogP contribution in [0.5, 0.6) is 0 Å². The third-order valence-electron chi connectivity index (χ3n) is 3.96. The zero-order chi connectivity index (χ0) is 14.7. The van der Waals surface area contributed by atoms with Crippen molar-refractivity contribution in [1.82, 2.24) is 5.32 Å². The van der Waals surface area contributed by atoms with E-state index in [1.165, 1.54) is 25.0 Å². The number of benzene rings is 1. The van der Waals surface area contributed by atoms with E-state index in [2.05, 4.69) is 5.32 Å². The Hall–Kier alpha value is -2.11. The van der Waals surface area contributed by atoms with E-state index in [0.29, 0.717) is 5.92 Å². The first-order chi connectivity index (χ1) is 9.50. The average molecular weight is 277 g/mol. The number of hydrogen-bond donors (Lipinski definition) is 2. The second-order valence-corrected chi connectivity index (χ2v) is 5.31. The molecule has 0 bridgehead atoms. The predicted octanol–water partition coefficient (Wildman–Crippen LogP) is 2.49. The van der Waals surface area contributed by atoms with Gasteiger partial charge in [0.2, 0.25) is 0 Å². The molecule has 1 unspecified atom stereocenters. The molecule has 1 saturated carbocycles. The number of rotatable bonds is 4. The van der Waals surface area contributed by atoms with Gasteiger partial charge in [-0.2, -0.15) is 0 Å². The van der Waals surface area contributed by atoms with Crippen LogP contribution in [0.25, 0.3) is 0 Å². The number of carbonyl (C=O) groups is 1. The first-order valence-corrected chi connectivity index (χ1v) is 6.84. The maximum Gasteiger partial charge on any atom is 0.304 e. The summed E-state index contributed by atoms with van der Waals surface area (Å²) in [6.45, 7) is 1.95. The lowest BCUT2D eigenvalue weighted by atomic mass is 9.99. The molecule has 2 rings (SSSR count). The van der Waals surface area contributed by atoms with E-state index in [-0.39, 0.29) is 23.0 Å². The molecule has 0 aromatic heterocycles. The van der Waals surface area contributed by atoms with Gasteiger partial charge < -0.3 is 11.1 Å². The normalized spacial score (nSPS) is 16.9. The lowest BCUT2D eigenvalue weighted by Gasteiger charge is -2.20. The van der Waals surface area contributed by atoms with Crippen LogP contribution in [0.15, 0.2) is 18.2 Å². The Labute approximate surface area is 117 Å². The van der Waals surface area contributed by atoms with E-state index in [4.69, 9.17) is 5.73 Å². The van der Waals surface area contributed by atoms with E-state index in [0.717, 1.165) is 12.8 Å². The Morgan fingerprint density at radius 3 is 2.70 bits per heavy atom. The second-order valence-electron chi connectivity index (χ2n) is 5.31. The standard InChI is InChI=1S/C14H19N3O3/c1-9(10-5-2-3-6-10)16-14(18)11-7-4-8-12(15)13(11)17(19)20/h4,7-10H,2-3,5-6,15H2,1H3,(H,16,18). The van der Waals surface area contributed by atoms with Gasteiger partial charge in [0.05, 0.1) is 4.92 Å².